The average Bonchev–Trinajstić information content (AvgIpc) is 2.37. The van der Waals surface area contributed by atoms with Crippen LogP contribution in [0.25, 0.3) is 0 Å². The predicted molar refractivity (Wildman–Crippen MR) is 68.4 cm³/mol. The minimum absolute atomic E-state index is 0.110. The molecule has 0 heterocycles. The summed E-state index contributed by atoms with van der Waals surface area (Å²) in [7, 11) is 0. The molecule has 1 rings (SSSR count). The summed E-state index contributed by atoms with van der Waals surface area (Å²) in [5.74, 6) is -0.110. The number of carbonyl (C=O) groups is 1. The molecular weight excluding hydrogens is 214 g/mol. The van der Waals surface area contributed by atoms with Gasteiger partial charge in [-0.15, -0.1) is 0 Å². The van der Waals surface area contributed by atoms with E-state index in [0.717, 1.165) is 37.8 Å². The summed E-state index contributed by atoms with van der Waals surface area (Å²) in [6, 6.07) is 9.73. The zero-order chi connectivity index (χ0) is 12.3. The smallest absolute Gasteiger partial charge is 0.306 e. The fourth-order valence-corrected chi connectivity index (χ4v) is 1.58. The summed E-state index contributed by atoms with van der Waals surface area (Å²) in [4.78, 5) is 11.4. The van der Waals surface area contributed by atoms with Crippen molar-refractivity contribution in [3.63, 3.8) is 0 Å². The number of carbonyl (C=O) groups excluding carboxylic acids is 1. The van der Waals surface area contributed by atoms with Gasteiger partial charge in [0.25, 0.3) is 0 Å². The molecule has 0 saturated carbocycles. The van der Waals surface area contributed by atoms with E-state index in [1.807, 2.05) is 30.3 Å². The molecule has 3 nitrogen and oxygen atoms in total. The first-order valence-corrected chi connectivity index (χ1v) is 6.22. The van der Waals surface area contributed by atoms with Gasteiger partial charge in [0.15, 0.2) is 0 Å². The van der Waals surface area contributed by atoms with Crippen LogP contribution in [-0.4, -0.2) is 12.5 Å². The zero-order valence-corrected chi connectivity index (χ0v) is 10.2. The Bertz CT molecular complexity index is 311. The van der Waals surface area contributed by atoms with Gasteiger partial charge in [-0.2, -0.15) is 0 Å². The Labute approximate surface area is 103 Å². The zero-order valence-electron chi connectivity index (χ0n) is 10.2. The second kappa shape index (κ2) is 8.76. The van der Waals surface area contributed by atoms with Crippen molar-refractivity contribution in [1.29, 1.82) is 0 Å². The number of unbranched alkanes of at least 4 members (excludes halogenated alkanes) is 3. The Morgan fingerprint density at radius 3 is 2.47 bits per heavy atom. The van der Waals surface area contributed by atoms with Crippen LogP contribution in [-0.2, 0) is 16.1 Å². The van der Waals surface area contributed by atoms with Gasteiger partial charge >= 0.3 is 5.97 Å². The van der Waals surface area contributed by atoms with E-state index in [1.165, 1.54) is 0 Å². The Hall–Kier alpha value is -1.35. The third-order valence-electron chi connectivity index (χ3n) is 2.58. The van der Waals surface area contributed by atoms with Crippen molar-refractivity contribution < 1.29 is 9.53 Å². The SMILES string of the molecule is NCCCCCCC(=O)OCc1ccccc1. The van der Waals surface area contributed by atoms with Crippen molar-refractivity contribution in [2.24, 2.45) is 5.73 Å². The van der Waals surface area contributed by atoms with Gasteiger partial charge in [0.2, 0.25) is 0 Å². The Morgan fingerprint density at radius 1 is 1.06 bits per heavy atom. The maximum absolute atomic E-state index is 11.4. The molecule has 0 radical (unpaired) electrons. The fraction of sp³-hybridized carbons (Fsp3) is 0.500. The maximum Gasteiger partial charge on any atom is 0.306 e. The van der Waals surface area contributed by atoms with Gasteiger partial charge < -0.3 is 10.5 Å². The summed E-state index contributed by atoms with van der Waals surface area (Å²) in [5, 5.41) is 0. The van der Waals surface area contributed by atoms with E-state index in [9.17, 15) is 4.79 Å². The summed E-state index contributed by atoms with van der Waals surface area (Å²) in [6.07, 6.45) is 4.60. The molecule has 2 N–H and O–H groups in total. The summed E-state index contributed by atoms with van der Waals surface area (Å²) >= 11 is 0. The molecule has 0 aromatic heterocycles. The lowest BCUT2D eigenvalue weighted by molar-refractivity contribution is -0.145. The Kier molecular flexibility index (Phi) is 7.07. The standard InChI is InChI=1S/C14H21NO2/c15-11-7-2-1-6-10-14(16)17-12-13-8-4-3-5-9-13/h3-5,8-9H,1-2,6-7,10-12,15H2. The van der Waals surface area contributed by atoms with Crippen LogP contribution in [0.5, 0.6) is 0 Å². The first-order chi connectivity index (χ1) is 8.33. The second-order valence-electron chi connectivity index (χ2n) is 4.10. The highest BCUT2D eigenvalue weighted by Gasteiger charge is 2.02. The van der Waals surface area contributed by atoms with Crippen LogP contribution in [0.3, 0.4) is 0 Å². The van der Waals surface area contributed by atoms with Crippen molar-refractivity contribution in [2.45, 2.75) is 38.7 Å². The number of hydrogen-bond acceptors (Lipinski definition) is 3. The normalized spacial score (nSPS) is 10.2. The minimum atomic E-state index is -0.110. The molecule has 0 bridgehead atoms. The molecule has 17 heavy (non-hydrogen) atoms. The monoisotopic (exact) mass is 235 g/mol. The van der Waals surface area contributed by atoms with Crippen molar-refractivity contribution in [3.8, 4) is 0 Å². The Morgan fingerprint density at radius 2 is 1.76 bits per heavy atom. The van der Waals surface area contributed by atoms with Crippen LogP contribution in [0.1, 0.15) is 37.7 Å². The molecule has 1 aromatic rings. The maximum atomic E-state index is 11.4. The predicted octanol–water partition coefficient (Wildman–Crippen LogP) is 2.64. The first kappa shape index (κ1) is 13.7. The van der Waals surface area contributed by atoms with E-state index < -0.39 is 0 Å². The molecule has 0 aliphatic heterocycles. The van der Waals surface area contributed by atoms with Crippen LogP contribution in [0.4, 0.5) is 0 Å². The van der Waals surface area contributed by atoms with Crippen molar-refractivity contribution in [2.75, 3.05) is 6.54 Å². The molecule has 0 atom stereocenters. The van der Waals surface area contributed by atoms with E-state index in [1.54, 1.807) is 0 Å². The van der Waals surface area contributed by atoms with E-state index >= 15 is 0 Å². The number of rotatable bonds is 8. The molecule has 0 amide bonds. The topological polar surface area (TPSA) is 52.3 Å². The Balaban J connectivity index is 2.05. The number of nitrogens with two attached hydrogens (primary N) is 1. The van der Waals surface area contributed by atoms with Gasteiger partial charge in [-0.3, -0.25) is 4.79 Å². The summed E-state index contributed by atoms with van der Waals surface area (Å²) < 4.78 is 5.17. The highest BCUT2D eigenvalue weighted by molar-refractivity contribution is 5.69. The molecule has 3 heteroatoms. The van der Waals surface area contributed by atoms with Crippen LogP contribution < -0.4 is 5.73 Å². The van der Waals surface area contributed by atoms with Gasteiger partial charge in [-0.05, 0) is 24.9 Å². The van der Waals surface area contributed by atoms with Gasteiger partial charge in [0.1, 0.15) is 6.61 Å². The molecule has 0 spiro atoms. The largest absolute Gasteiger partial charge is 0.461 e. The summed E-state index contributed by atoms with van der Waals surface area (Å²) in [6.45, 7) is 1.11. The third kappa shape index (κ3) is 6.74. The number of esters is 1. The highest BCUT2D eigenvalue weighted by atomic mass is 16.5. The lowest BCUT2D eigenvalue weighted by atomic mass is 10.1. The second-order valence-corrected chi connectivity index (χ2v) is 4.10. The first-order valence-electron chi connectivity index (χ1n) is 6.22. The van der Waals surface area contributed by atoms with Crippen LogP contribution in [0.15, 0.2) is 30.3 Å². The fourth-order valence-electron chi connectivity index (χ4n) is 1.58. The molecule has 0 saturated heterocycles. The highest BCUT2D eigenvalue weighted by Crippen LogP contribution is 2.06. The molecule has 0 aliphatic carbocycles. The number of hydrogen-bond donors (Lipinski definition) is 1. The molecule has 94 valence electrons. The van der Waals surface area contributed by atoms with Gasteiger partial charge in [0.05, 0.1) is 0 Å². The minimum Gasteiger partial charge on any atom is -0.461 e. The third-order valence-corrected chi connectivity index (χ3v) is 2.58. The van der Waals surface area contributed by atoms with Crippen molar-refractivity contribution in [3.05, 3.63) is 35.9 Å². The summed E-state index contributed by atoms with van der Waals surface area (Å²) in [5.41, 5.74) is 6.42. The lowest BCUT2D eigenvalue weighted by Gasteiger charge is -2.04. The van der Waals surface area contributed by atoms with Crippen LogP contribution in [0.2, 0.25) is 0 Å². The lowest BCUT2D eigenvalue weighted by Crippen LogP contribution is -2.04. The van der Waals surface area contributed by atoms with Crippen molar-refractivity contribution in [1.82, 2.24) is 0 Å². The van der Waals surface area contributed by atoms with E-state index in [4.69, 9.17) is 10.5 Å². The molecule has 1 aromatic carbocycles. The van der Waals surface area contributed by atoms with Gasteiger partial charge in [-0.1, -0.05) is 43.2 Å². The van der Waals surface area contributed by atoms with Crippen molar-refractivity contribution >= 4 is 5.97 Å². The van der Waals surface area contributed by atoms with E-state index in [0.29, 0.717) is 13.0 Å². The number of ether oxygens (including phenoxy) is 1. The molecule has 0 fully saturated rings. The average molecular weight is 235 g/mol. The van der Waals surface area contributed by atoms with Gasteiger partial charge in [0, 0.05) is 6.42 Å². The van der Waals surface area contributed by atoms with E-state index in [2.05, 4.69) is 0 Å². The van der Waals surface area contributed by atoms with Crippen LogP contribution >= 0.6 is 0 Å². The molecule has 0 aliphatic rings. The quantitative estimate of drug-likeness (QED) is 0.556. The van der Waals surface area contributed by atoms with Crippen LogP contribution in [0, 0.1) is 0 Å². The van der Waals surface area contributed by atoms with Gasteiger partial charge in [-0.25, -0.2) is 0 Å². The number of benzene rings is 1. The molecular formula is C14H21NO2. The molecule has 0 unspecified atom stereocenters. The van der Waals surface area contributed by atoms with E-state index in [-0.39, 0.29) is 5.97 Å².